The zero-order valence-electron chi connectivity index (χ0n) is 73.0. The van der Waals surface area contributed by atoms with Crippen LogP contribution in [-0.2, 0) is 89.9 Å². The predicted octanol–water partition coefficient (Wildman–Crippen LogP) is 18.6. The van der Waals surface area contributed by atoms with Gasteiger partial charge in [-0.1, -0.05) is 239 Å². The molecule has 8 heterocycles. The van der Waals surface area contributed by atoms with Gasteiger partial charge in [-0.15, -0.1) is 13.2 Å². The highest BCUT2D eigenvalue weighted by Gasteiger charge is 2.66. The van der Waals surface area contributed by atoms with Gasteiger partial charge < -0.3 is 75.2 Å². The summed E-state index contributed by atoms with van der Waals surface area (Å²) in [5.74, 6) is 0.0763. The molecule has 0 aliphatic carbocycles. The lowest BCUT2D eigenvalue weighted by atomic mass is 9.73. The summed E-state index contributed by atoms with van der Waals surface area (Å²) in [7, 11) is -7.64. The summed E-state index contributed by atoms with van der Waals surface area (Å²) in [4.78, 5) is 0. The van der Waals surface area contributed by atoms with Crippen LogP contribution in [0.3, 0.4) is 0 Å². The van der Waals surface area contributed by atoms with Crippen LogP contribution in [0.4, 0.5) is 0 Å². The van der Waals surface area contributed by atoms with E-state index in [2.05, 4.69) is 263 Å². The fourth-order valence-electron chi connectivity index (χ4n) is 20.4. The fourth-order valence-corrected chi connectivity index (χ4v) is 29.3. The predicted molar refractivity (Wildman–Crippen MR) is 470 cm³/mol. The average molecular weight is 1660 g/mol. The second kappa shape index (κ2) is 36.5. The Balaban J connectivity index is 0.729. The Morgan fingerprint density at radius 1 is 0.556 bits per heavy atom. The number of rotatable bonds is 30. The van der Waals surface area contributed by atoms with Gasteiger partial charge in [-0.3, -0.25) is 0 Å². The van der Waals surface area contributed by atoms with Gasteiger partial charge >= 0.3 is 0 Å². The standard InChI is InChI=1S/C98H138O16Si3/c1-19-74(99)75(55-78-76(102-64-69-48-49-70-42-36-37-43-71(70)54-69)56-79-80(104-78)57-82-81(105-79)60-88(112-115(17,18)93(7,8)9)96(14,110-82)52-53-103-117(94(10,11)12,72-44-32-26-33-45-72)73-46-34-27-35-47-73)106-86-61-87-97(15,114-95(86,13)20-2)51-50-66(6)90-83(107-87)58-84-91(109-90)92(113-116(21-3,22-4)23-5)98(16)89(108-84)59-77(101-63-68-40-30-25-31-41-68)85(111-98)65-100-62-67-38-28-24-29-39-67/h19-20,24-49,54,66,74-92,99H,1-2,21-23,50-53,55-65H2,3-18H3/t66-,74?,75-,76+,77+,78-,79-,80+,81+,82-,83-,84+,85-,86-,87+,88-,89-,90+,91+,92+,95+,96+,97-,98-/m0/s1. The molecule has 1 N–H and O–H groups in total. The summed E-state index contributed by atoms with van der Waals surface area (Å²) in [5, 5.41) is 17.1. The first-order chi connectivity index (χ1) is 55.9. The zero-order valence-corrected chi connectivity index (χ0v) is 76.0. The molecule has 16 nitrogen and oxygen atoms in total. The molecule has 1 unspecified atom stereocenters. The van der Waals surface area contributed by atoms with E-state index in [-0.39, 0.29) is 71.2 Å². The lowest BCUT2D eigenvalue weighted by molar-refractivity contribution is -0.364. The van der Waals surface area contributed by atoms with Crippen molar-refractivity contribution in [3.63, 3.8) is 0 Å². The molecular weight excluding hydrogens is 1520 g/mol. The quantitative estimate of drug-likeness (QED) is 0.0335. The number of ether oxygens (including phenoxy) is 12. The molecule has 24 atom stereocenters. The lowest BCUT2D eigenvalue weighted by Gasteiger charge is -2.61. The van der Waals surface area contributed by atoms with Gasteiger partial charge in [0.1, 0.15) is 29.5 Å². The maximum atomic E-state index is 12.5. The molecule has 6 aromatic carbocycles. The van der Waals surface area contributed by atoms with E-state index in [0.29, 0.717) is 84.4 Å². The minimum absolute atomic E-state index is 0.0594. The van der Waals surface area contributed by atoms with E-state index in [0.717, 1.165) is 52.0 Å². The average Bonchev–Trinajstić information content (AvgIpc) is 0.718. The summed E-state index contributed by atoms with van der Waals surface area (Å²) in [6.07, 6.45) is 0.472. The molecule has 0 aromatic heterocycles. The molecular formula is C98H138O16Si3. The van der Waals surface area contributed by atoms with Gasteiger partial charge in [0.25, 0.3) is 8.32 Å². The molecule has 8 aliphatic heterocycles. The van der Waals surface area contributed by atoms with Crippen molar-refractivity contribution in [1.82, 2.24) is 0 Å². The highest BCUT2D eigenvalue weighted by Crippen LogP contribution is 2.54. The first-order valence-corrected chi connectivity index (χ1v) is 51.6. The van der Waals surface area contributed by atoms with Gasteiger partial charge in [-0.05, 0) is 132 Å². The van der Waals surface area contributed by atoms with Crippen molar-refractivity contribution in [3.8, 4) is 0 Å². The number of hydrogen-bond donors (Lipinski definition) is 1. The van der Waals surface area contributed by atoms with Gasteiger partial charge in [-0.2, -0.15) is 0 Å². The summed E-state index contributed by atoms with van der Waals surface area (Å²) in [5.41, 5.74) is -0.200. The zero-order chi connectivity index (χ0) is 82.9. The van der Waals surface area contributed by atoms with Gasteiger partial charge in [0.15, 0.2) is 16.6 Å². The van der Waals surface area contributed by atoms with Crippen molar-refractivity contribution in [3.05, 3.63) is 206 Å². The van der Waals surface area contributed by atoms with Crippen LogP contribution in [0, 0.1) is 5.92 Å². The van der Waals surface area contributed by atoms with Gasteiger partial charge in [0.2, 0.25) is 0 Å². The molecule has 8 fully saturated rings. The second-order valence-electron chi connectivity index (χ2n) is 38.8. The van der Waals surface area contributed by atoms with E-state index in [1.54, 1.807) is 6.08 Å². The van der Waals surface area contributed by atoms with Crippen LogP contribution in [0.2, 0.25) is 41.3 Å². The Bertz CT molecular complexity index is 4150. The van der Waals surface area contributed by atoms with Crippen LogP contribution in [0.5, 0.6) is 0 Å². The van der Waals surface area contributed by atoms with E-state index in [1.165, 1.54) is 10.4 Å². The van der Waals surface area contributed by atoms with Crippen LogP contribution in [0.1, 0.15) is 178 Å². The molecule has 6 aromatic rings. The van der Waals surface area contributed by atoms with Gasteiger partial charge in [-0.25, -0.2) is 0 Å². The molecule has 0 saturated carbocycles. The Morgan fingerprint density at radius 3 is 1.75 bits per heavy atom. The molecule has 0 radical (unpaired) electrons. The van der Waals surface area contributed by atoms with Crippen LogP contribution in [-0.4, -0.2) is 182 Å². The number of aliphatic hydroxyl groups is 1. The number of fused-ring (bicyclic) bond motifs is 7. The maximum Gasteiger partial charge on any atom is 0.261 e. The summed E-state index contributed by atoms with van der Waals surface area (Å²) in [6.45, 7) is 47.2. The van der Waals surface area contributed by atoms with Crippen molar-refractivity contribution < 1.29 is 75.2 Å². The highest BCUT2D eigenvalue weighted by atomic mass is 28.4. The molecule has 0 amide bonds. The molecule has 14 rings (SSSR count). The van der Waals surface area contributed by atoms with Crippen molar-refractivity contribution in [2.75, 3.05) is 13.2 Å². The van der Waals surface area contributed by atoms with Crippen LogP contribution < -0.4 is 10.4 Å². The Labute approximate surface area is 702 Å². The van der Waals surface area contributed by atoms with Crippen LogP contribution in [0.15, 0.2) is 189 Å². The van der Waals surface area contributed by atoms with Crippen molar-refractivity contribution in [2.45, 2.75) is 361 Å². The van der Waals surface area contributed by atoms with Crippen molar-refractivity contribution >= 4 is 46.1 Å². The minimum Gasteiger partial charge on any atom is -0.411 e. The molecule has 0 bridgehead atoms. The van der Waals surface area contributed by atoms with Crippen LogP contribution in [0.25, 0.3) is 10.8 Å². The van der Waals surface area contributed by atoms with Gasteiger partial charge in [0, 0.05) is 58.0 Å². The summed E-state index contributed by atoms with van der Waals surface area (Å²) < 4.78 is 112. The fraction of sp³-hybridized carbons (Fsp3) is 0.612. The Hall–Kier alpha value is -4.93. The van der Waals surface area contributed by atoms with Gasteiger partial charge in [0.05, 0.1) is 135 Å². The van der Waals surface area contributed by atoms with E-state index in [4.69, 9.17) is 70.1 Å². The third-order valence-corrected chi connectivity index (χ3v) is 43.1. The van der Waals surface area contributed by atoms with Crippen molar-refractivity contribution in [1.29, 1.82) is 0 Å². The molecule has 638 valence electrons. The minimum atomic E-state index is -2.91. The molecule has 8 aliphatic rings. The van der Waals surface area contributed by atoms with E-state index in [1.807, 2.05) is 30.3 Å². The smallest absolute Gasteiger partial charge is 0.261 e. The maximum absolute atomic E-state index is 12.5. The molecule has 19 heteroatoms. The highest BCUT2D eigenvalue weighted by molar-refractivity contribution is 6.99. The van der Waals surface area contributed by atoms with E-state index < -0.39 is 115 Å². The third kappa shape index (κ3) is 18.8. The second-order valence-corrected chi connectivity index (χ2v) is 52.5. The topological polar surface area (TPSA) is 159 Å². The number of hydrogen-bond acceptors (Lipinski definition) is 16. The SMILES string of the molecule is C=CC(O)[C@H](C[C@@H]1O[C@@H]2C[C@@H]3O[C@](C)(CCO[Si](c4ccccc4)(c4ccccc4)C(C)(C)C)[C@@H](O[Si](C)(C)C(C)(C)C)C[C@H]3O[C@H]2C[C@H]1OCc1ccc2ccccc2c1)O[C@H]1C[C@H]2O[C@H]3C[C@H]4O[C@H]5C[C@@H](OCc6ccccc6)[C@H](COCc6ccccc6)O[C@]5(C)[C@H](O[Si](CC)(CC)CC)[C@@H]4O[C@@H]3[C@@H](C)CC[C@]2(C)O[C@]1(C)C=C. The van der Waals surface area contributed by atoms with Crippen LogP contribution >= 0.6 is 0 Å². The summed E-state index contributed by atoms with van der Waals surface area (Å²) in [6, 6.07) is 60.2. The van der Waals surface area contributed by atoms with E-state index >= 15 is 0 Å². The largest absolute Gasteiger partial charge is 0.411 e. The normalized spacial score (nSPS) is 34.7. The lowest BCUT2D eigenvalue weighted by Crippen LogP contribution is -2.75. The Morgan fingerprint density at radius 2 is 1.13 bits per heavy atom. The van der Waals surface area contributed by atoms with E-state index in [9.17, 15) is 5.11 Å². The molecule has 0 spiro atoms. The number of aliphatic hydroxyl groups excluding tert-OH is 1. The Kier molecular flexibility index (Phi) is 27.6. The molecule has 117 heavy (non-hydrogen) atoms. The first kappa shape index (κ1) is 88.4. The first-order valence-electron chi connectivity index (χ1n) is 44.3. The number of benzene rings is 6. The summed E-state index contributed by atoms with van der Waals surface area (Å²) >= 11 is 0. The van der Waals surface area contributed by atoms with Crippen molar-refractivity contribution in [2.24, 2.45) is 5.92 Å². The monoisotopic (exact) mass is 1650 g/mol. The third-order valence-electron chi connectivity index (χ3n) is 28.9. The molecule has 8 saturated heterocycles.